The van der Waals surface area contributed by atoms with Gasteiger partial charge in [-0.3, -0.25) is 0 Å². The van der Waals surface area contributed by atoms with Crippen molar-refractivity contribution in [1.82, 2.24) is 0 Å². The molecule has 0 spiro atoms. The zero-order chi connectivity index (χ0) is 17.0. The van der Waals surface area contributed by atoms with Crippen molar-refractivity contribution in [3.63, 3.8) is 0 Å². The second-order valence-electron chi connectivity index (χ2n) is 8.50. The molecule has 0 saturated heterocycles. The first-order valence-electron chi connectivity index (χ1n) is 8.86. The SMILES string of the molecule is CC(C)c1ccc2c(c1)[C@@H](O)[C@H](O)[C@H]1[C@](C)(CO)CCC[C@]21C. The molecule has 3 N–H and O–H groups in total. The predicted molar refractivity (Wildman–Crippen MR) is 91.4 cm³/mol. The Balaban J connectivity index is 2.18. The maximum atomic E-state index is 10.9. The molecule has 1 aromatic rings. The van der Waals surface area contributed by atoms with Crippen LogP contribution in [-0.2, 0) is 5.41 Å². The van der Waals surface area contributed by atoms with Gasteiger partial charge in [-0.2, -0.15) is 0 Å². The van der Waals surface area contributed by atoms with Crippen LogP contribution in [0.5, 0.6) is 0 Å². The van der Waals surface area contributed by atoms with E-state index in [1.165, 1.54) is 5.56 Å². The molecule has 128 valence electrons. The molecule has 0 aliphatic heterocycles. The van der Waals surface area contributed by atoms with Crippen molar-refractivity contribution in [3.05, 3.63) is 34.9 Å². The average Bonchev–Trinajstić information content (AvgIpc) is 2.52. The fraction of sp³-hybridized carbons (Fsp3) is 0.700. The normalized spacial score (nSPS) is 39.9. The highest BCUT2D eigenvalue weighted by Crippen LogP contribution is 2.59. The molecule has 0 heterocycles. The van der Waals surface area contributed by atoms with Crippen molar-refractivity contribution in [2.24, 2.45) is 11.3 Å². The third-order valence-electron chi connectivity index (χ3n) is 6.58. The number of benzene rings is 1. The molecule has 3 heteroatoms. The molecule has 0 aromatic heterocycles. The molecule has 0 unspecified atom stereocenters. The van der Waals surface area contributed by atoms with Gasteiger partial charge in [-0.25, -0.2) is 0 Å². The van der Waals surface area contributed by atoms with Crippen LogP contribution in [0.25, 0.3) is 0 Å². The maximum Gasteiger partial charge on any atom is 0.105 e. The van der Waals surface area contributed by atoms with E-state index in [-0.39, 0.29) is 23.4 Å². The molecule has 23 heavy (non-hydrogen) atoms. The fourth-order valence-corrected chi connectivity index (χ4v) is 5.28. The molecule has 0 bridgehead atoms. The number of aliphatic hydroxyl groups is 3. The summed E-state index contributed by atoms with van der Waals surface area (Å²) < 4.78 is 0. The lowest BCUT2D eigenvalue weighted by atomic mass is 9.48. The quantitative estimate of drug-likeness (QED) is 0.784. The summed E-state index contributed by atoms with van der Waals surface area (Å²) >= 11 is 0. The van der Waals surface area contributed by atoms with Crippen LogP contribution < -0.4 is 0 Å². The molecular weight excluding hydrogens is 288 g/mol. The summed E-state index contributed by atoms with van der Waals surface area (Å²) in [6, 6.07) is 6.37. The molecule has 5 atom stereocenters. The number of fused-ring (bicyclic) bond motifs is 3. The van der Waals surface area contributed by atoms with Crippen LogP contribution in [-0.4, -0.2) is 28.0 Å². The number of rotatable bonds is 2. The Morgan fingerprint density at radius 1 is 1.17 bits per heavy atom. The van der Waals surface area contributed by atoms with Crippen LogP contribution in [0.15, 0.2) is 18.2 Å². The summed E-state index contributed by atoms with van der Waals surface area (Å²) in [6.45, 7) is 8.59. The Hall–Kier alpha value is -0.900. The van der Waals surface area contributed by atoms with E-state index in [1.807, 2.05) is 0 Å². The second-order valence-corrected chi connectivity index (χ2v) is 8.50. The minimum atomic E-state index is -0.870. The van der Waals surface area contributed by atoms with Gasteiger partial charge in [0.1, 0.15) is 6.10 Å². The zero-order valence-electron chi connectivity index (χ0n) is 14.7. The summed E-state index contributed by atoms with van der Waals surface area (Å²) in [5.74, 6) is 0.269. The van der Waals surface area contributed by atoms with Gasteiger partial charge < -0.3 is 15.3 Å². The van der Waals surface area contributed by atoms with Crippen LogP contribution in [0.2, 0.25) is 0 Å². The Labute approximate surface area is 139 Å². The van der Waals surface area contributed by atoms with E-state index in [1.54, 1.807) is 0 Å². The number of aliphatic hydroxyl groups excluding tert-OH is 3. The van der Waals surface area contributed by atoms with Gasteiger partial charge in [0.15, 0.2) is 0 Å². The molecular formula is C20H30O3. The van der Waals surface area contributed by atoms with E-state index >= 15 is 0 Å². The minimum Gasteiger partial charge on any atom is -0.396 e. The van der Waals surface area contributed by atoms with Crippen LogP contribution >= 0.6 is 0 Å². The molecule has 1 saturated carbocycles. The van der Waals surface area contributed by atoms with Gasteiger partial charge in [0, 0.05) is 12.5 Å². The molecule has 3 nitrogen and oxygen atoms in total. The third kappa shape index (κ3) is 2.36. The summed E-state index contributed by atoms with van der Waals surface area (Å²) in [5.41, 5.74) is 2.69. The minimum absolute atomic E-state index is 0.0520. The number of hydrogen-bond acceptors (Lipinski definition) is 3. The maximum absolute atomic E-state index is 10.9. The second kappa shape index (κ2) is 5.58. The molecule has 0 radical (unpaired) electrons. The van der Waals surface area contributed by atoms with E-state index in [0.717, 1.165) is 30.4 Å². The average molecular weight is 318 g/mol. The van der Waals surface area contributed by atoms with Crippen molar-refractivity contribution in [3.8, 4) is 0 Å². The summed E-state index contributed by atoms with van der Waals surface area (Å²) in [5, 5.41) is 31.7. The van der Waals surface area contributed by atoms with Gasteiger partial charge in [-0.1, -0.05) is 52.3 Å². The van der Waals surface area contributed by atoms with Crippen LogP contribution in [0.3, 0.4) is 0 Å². The van der Waals surface area contributed by atoms with E-state index < -0.39 is 12.2 Å². The van der Waals surface area contributed by atoms with Gasteiger partial charge in [0.25, 0.3) is 0 Å². The summed E-state index contributed by atoms with van der Waals surface area (Å²) in [4.78, 5) is 0. The van der Waals surface area contributed by atoms with Crippen LogP contribution in [0.1, 0.15) is 75.7 Å². The molecule has 0 amide bonds. The first-order chi connectivity index (χ1) is 10.7. The monoisotopic (exact) mass is 318 g/mol. The molecule has 2 aliphatic rings. The summed E-state index contributed by atoms with van der Waals surface area (Å²) in [6.07, 6.45) is 1.23. The third-order valence-corrected chi connectivity index (χ3v) is 6.58. The smallest absolute Gasteiger partial charge is 0.105 e. The topological polar surface area (TPSA) is 60.7 Å². The van der Waals surface area contributed by atoms with E-state index in [9.17, 15) is 15.3 Å². The lowest BCUT2D eigenvalue weighted by Crippen LogP contribution is -2.57. The van der Waals surface area contributed by atoms with Crippen LogP contribution in [0, 0.1) is 11.3 Å². The Morgan fingerprint density at radius 3 is 2.48 bits per heavy atom. The fourth-order valence-electron chi connectivity index (χ4n) is 5.28. The first-order valence-corrected chi connectivity index (χ1v) is 8.86. The highest BCUT2D eigenvalue weighted by molar-refractivity contribution is 5.44. The Bertz CT molecular complexity index is 597. The first kappa shape index (κ1) is 16.9. The summed E-state index contributed by atoms with van der Waals surface area (Å²) in [7, 11) is 0. The van der Waals surface area contributed by atoms with E-state index in [4.69, 9.17) is 0 Å². The highest BCUT2D eigenvalue weighted by atomic mass is 16.3. The molecule has 1 fully saturated rings. The van der Waals surface area contributed by atoms with Gasteiger partial charge in [-0.05, 0) is 46.3 Å². The number of hydrogen-bond donors (Lipinski definition) is 3. The Morgan fingerprint density at radius 2 is 1.87 bits per heavy atom. The van der Waals surface area contributed by atoms with Crippen molar-refractivity contribution < 1.29 is 15.3 Å². The highest BCUT2D eigenvalue weighted by Gasteiger charge is 2.57. The van der Waals surface area contributed by atoms with E-state index in [0.29, 0.717) is 5.92 Å². The largest absolute Gasteiger partial charge is 0.396 e. The Kier molecular flexibility index (Phi) is 4.11. The van der Waals surface area contributed by atoms with Crippen molar-refractivity contribution in [1.29, 1.82) is 0 Å². The van der Waals surface area contributed by atoms with Crippen molar-refractivity contribution in [2.45, 2.75) is 70.5 Å². The lowest BCUT2D eigenvalue weighted by Gasteiger charge is -2.57. The van der Waals surface area contributed by atoms with Gasteiger partial charge in [0.2, 0.25) is 0 Å². The van der Waals surface area contributed by atoms with Gasteiger partial charge in [-0.15, -0.1) is 0 Å². The molecule has 3 rings (SSSR count). The molecule has 1 aromatic carbocycles. The lowest BCUT2D eigenvalue weighted by molar-refractivity contribution is -0.131. The van der Waals surface area contributed by atoms with Crippen molar-refractivity contribution >= 4 is 0 Å². The molecule has 2 aliphatic carbocycles. The van der Waals surface area contributed by atoms with Gasteiger partial charge in [0.05, 0.1) is 6.10 Å². The predicted octanol–water partition coefficient (Wildman–Crippen LogP) is 3.27. The van der Waals surface area contributed by atoms with Crippen molar-refractivity contribution in [2.75, 3.05) is 6.61 Å². The zero-order valence-corrected chi connectivity index (χ0v) is 14.7. The standard InChI is InChI=1S/C20H30O3/c1-12(2)13-6-7-15-14(10-13)16(22)17(23)18-19(3,11-21)8-5-9-20(15,18)4/h6-7,10,12,16-18,21-23H,5,8-9,11H2,1-4H3/t16-,17+,18+,19+,20-/m1/s1. The van der Waals surface area contributed by atoms with Crippen LogP contribution in [0.4, 0.5) is 0 Å². The van der Waals surface area contributed by atoms with Gasteiger partial charge >= 0.3 is 0 Å². The van der Waals surface area contributed by atoms with E-state index in [2.05, 4.69) is 45.9 Å².